The van der Waals surface area contributed by atoms with Gasteiger partial charge in [0.05, 0.1) is 0 Å². The monoisotopic (exact) mass is 472 g/mol. The minimum Gasteiger partial charge on any atom is -0.361 e. The Kier molecular flexibility index (Phi) is 7.37. The van der Waals surface area contributed by atoms with Crippen molar-refractivity contribution in [1.29, 1.82) is 0 Å². The van der Waals surface area contributed by atoms with Crippen LogP contribution in [0, 0.1) is 12.7 Å². The molecule has 0 aliphatic heterocycles. The molecule has 0 amide bonds. The number of aromatic nitrogens is 3. The van der Waals surface area contributed by atoms with E-state index in [4.69, 9.17) is 4.52 Å². The van der Waals surface area contributed by atoms with Crippen molar-refractivity contribution in [3.05, 3.63) is 47.5 Å². The fourth-order valence-electron chi connectivity index (χ4n) is 2.57. The van der Waals surface area contributed by atoms with E-state index < -0.39 is 0 Å². The third kappa shape index (κ3) is 5.16. The molecule has 7 nitrogen and oxygen atoms in total. The zero-order valence-electron chi connectivity index (χ0n) is 14.7. The number of fused-ring (bicyclic) bond motifs is 1. The molecule has 2 aromatic heterocycles. The van der Waals surface area contributed by atoms with Gasteiger partial charge in [0.2, 0.25) is 5.89 Å². The molecule has 3 aromatic rings. The molecule has 9 heteroatoms. The van der Waals surface area contributed by atoms with Crippen LogP contribution >= 0.6 is 24.0 Å². The fraction of sp³-hybridized carbons (Fsp3) is 0.353. The number of hydrogen-bond acceptors (Lipinski definition) is 4. The summed E-state index contributed by atoms with van der Waals surface area (Å²) in [7, 11) is 0. The fourth-order valence-corrected chi connectivity index (χ4v) is 2.57. The Hall–Kier alpha value is -2.17. The number of H-pyrrole nitrogens is 1. The molecule has 0 atom stereocenters. The quantitative estimate of drug-likeness (QED) is 0.292. The second-order valence-electron chi connectivity index (χ2n) is 5.61. The number of guanidine groups is 1. The summed E-state index contributed by atoms with van der Waals surface area (Å²) in [6.07, 6.45) is 2.70. The topological polar surface area (TPSA) is 91.1 Å². The highest BCUT2D eigenvalue weighted by Gasteiger charge is 2.06. The average molecular weight is 472 g/mol. The van der Waals surface area contributed by atoms with Gasteiger partial charge in [-0.15, -0.1) is 24.0 Å². The van der Waals surface area contributed by atoms with Crippen LogP contribution in [0.25, 0.3) is 10.9 Å². The van der Waals surface area contributed by atoms with E-state index in [-0.39, 0.29) is 29.8 Å². The molecule has 0 saturated heterocycles. The summed E-state index contributed by atoms with van der Waals surface area (Å²) >= 11 is 0. The van der Waals surface area contributed by atoms with Crippen LogP contribution in [0.5, 0.6) is 0 Å². The van der Waals surface area contributed by atoms with Crippen LogP contribution < -0.4 is 10.6 Å². The minimum atomic E-state index is -0.239. The Morgan fingerprint density at radius 1 is 1.35 bits per heavy atom. The Balaban J connectivity index is 0.00000243. The van der Waals surface area contributed by atoms with Gasteiger partial charge in [0, 0.05) is 30.2 Å². The molecule has 0 aliphatic rings. The molecule has 0 fully saturated rings. The van der Waals surface area contributed by atoms with E-state index in [1.807, 2.05) is 13.1 Å². The van der Waals surface area contributed by atoms with Crippen molar-refractivity contribution in [2.24, 2.45) is 4.99 Å². The zero-order valence-corrected chi connectivity index (χ0v) is 17.0. The van der Waals surface area contributed by atoms with Gasteiger partial charge in [-0.3, -0.25) is 0 Å². The maximum atomic E-state index is 13.2. The third-order valence-corrected chi connectivity index (χ3v) is 3.70. The molecule has 26 heavy (non-hydrogen) atoms. The zero-order chi connectivity index (χ0) is 17.6. The highest BCUT2D eigenvalue weighted by molar-refractivity contribution is 14.0. The predicted octanol–water partition coefficient (Wildman–Crippen LogP) is 2.91. The molecule has 0 saturated carbocycles. The number of aryl methyl sites for hydroxylation is 1. The number of nitrogens with one attached hydrogen (secondary N) is 3. The van der Waals surface area contributed by atoms with E-state index in [1.165, 1.54) is 12.1 Å². The molecule has 0 spiro atoms. The van der Waals surface area contributed by atoms with Gasteiger partial charge in [0.25, 0.3) is 0 Å². The number of aromatic amines is 1. The van der Waals surface area contributed by atoms with E-state index in [0.717, 1.165) is 29.4 Å². The summed E-state index contributed by atoms with van der Waals surface area (Å²) in [6.45, 7) is 5.54. The van der Waals surface area contributed by atoms with Gasteiger partial charge in [-0.05, 0) is 44.0 Å². The second-order valence-corrected chi connectivity index (χ2v) is 5.61. The standard InChI is InChI=1S/C17H21FN6O.HI/c1-3-19-17(22-10-16-23-11(2)24-25-16)20-7-6-12-9-21-15-8-13(18)4-5-14(12)15;/h4-5,8-9,21H,3,6-7,10H2,1-2H3,(H2,19,20,22);1H. The summed E-state index contributed by atoms with van der Waals surface area (Å²) in [5, 5.41) is 11.2. The highest BCUT2D eigenvalue weighted by Crippen LogP contribution is 2.19. The van der Waals surface area contributed by atoms with Gasteiger partial charge in [-0.1, -0.05) is 5.16 Å². The predicted molar refractivity (Wildman–Crippen MR) is 109 cm³/mol. The van der Waals surface area contributed by atoms with Gasteiger partial charge >= 0.3 is 0 Å². The lowest BCUT2D eigenvalue weighted by Crippen LogP contribution is -2.38. The van der Waals surface area contributed by atoms with Gasteiger partial charge < -0.3 is 20.1 Å². The maximum Gasteiger partial charge on any atom is 0.248 e. The van der Waals surface area contributed by atoms with Crippen LogP contribution in [0.1, 0.15) is 24.2 Å². The molecular formula is C17H22FIN6O. The van der Waals surface area contributed by atoms with Gasteiger partial charge in [0.15, 0.2) is 11.8 Å². The van der Waals surface area contributed by atoms with Crippen molar-refractivity contribution in [2.75, 3.05) is 13.1 Å². The minimum absolute atomic E-state index is 0. The Labute approximate surface area is 167 Å². The normalized spacial score (nSPS) is 11.4. The average Bonchev–Trinajstić information content (AvgIpc) is 3.18. The number of nitrogens with zero attached hydrogens (tertiary/aromatic N) is 3. The van der Waals surface area contributed by atoms with Crippen LogP contribution in [-0.4, -0.2) is 34.2 Å². The summed E-state index contributed by atoms with van der Waals surface area (Å²) in [5.41, 5.74) is 1.94. The molecule has 0 unspecified atom stereocenters. The lowest BCUT2D eigenvalue weighted by molar-refractivity contribution is 0.376. The van der Waals surface area contributed by atoms with Crippen molar-refractivity contribution >= 4 is 40.8 Å². The molecule has 0 bridgehead atoms. The van der Waals surface area contributed by atoms with E-state index in [0.29, 0.717) is 30.8 Å². The number of hydrogen-bond donors (Lipinski definition) is 3. The molecule has 3 N–H and O–H groups in total. The molecule has 140 valence electrons. The lowest BCUT2D eigenvalue weighted by atomic mass is 10.1. The Morgan fingerprint density at radius 3 is 2.92 bits per heavy atom. The van der Waals surface area contributed by atoms with Crippen molar-refractivity contribution < 1.29 is 8.91 Å². The first-order chi connectivity index (χ1) is 12.2. The smallest absolute Gasteiger partial charge is 0.248 e. The van der Waals surface area contributed by atoms with Crippen LogP contribution in [-0.2, 0) is 13.0 Å². The lowest BCUT2D eigenvalue weighted by Gasteiger charge is -2.10. The van der Waals surface area contributed by atoms with Crippen LogP contribution in [0.15, 0.2) is 33.9 Å². The molecule has 3 rings (SSSR count). The third-order valence-electron chi connectivity index (χ3n) is 3.70. The van der Waals surface area contributed by atoms with Crippen molar-refractivity contribution in [3.8, 4) is 0 Å². The van der Waals surface area contributed by atoms with Crippen molar-refractivity contribution in [3.63, 3.8) is 0 Å². The van der Waals surface area contributed by atoms with E-state index >= 15 is 0 Å². The summed E-state index contributed by atoms with van der Waals surface area (Å²) < 4.78 is 18.3. The number of benzene rings is 1. The molecule has 1 aromatic carbocycles. The Morgan fingerprint density at radius 2 is 2.19 bits per heavy atom. The first-order valence-electron chi connectivity index (χ1n) is 8.22. The summed E-state index contributed by atoms with van der Waals surface area (Å²) in [5.74, 6) is 1.52. The van der Waals surface area contributed by atoms with Gasteiger partial charge in [-0.2, -0.15) is 4.98 Å². The SMILES string of the molecule is CCNC(=NCc1nc(C)no1)NCCc1c[nH]c2cc(F)ccc12.I. The number of aliphatic imine (C=N–C) groups is 1. The largest absolute Gasteiger partial charge is 0.361 e. The van der Waals surface area contributed by atoms with Gasteiger partial charge in [-0.25, -0.2) is 9.38 Å². The van der Waals surface area contributed by atoms with Crippen molar-refractivity contribution in [1.82, 2.24) is 25.8 Å². The number of rotatable bonds is 6. The van der Waals surface area contributed by atoms with E-state index in [1.54, 1.807) is 13.0 Å². The van der Waals surface area contributed by atoms with Gasteiger partial charge in [0.1, 0.15) is 12.4 Å². The molecule has 0 radical (unpaired) electrons. The van der Waals surface area contributed by atoms with E-state index in [9.17, 15) is 4.39 Å². The highest BCUT2D eigenvalue weighted by atomic mass is 127. The molecular weight excluding hydrogens is 450 g/mol. The summed E-state index contributed by atoms with van der Waals surface area (Å²) in [4.78, 5) is 11.7. The second kappa shape index (κ2) is 9.51. The maximum absolute atomic E-state index is 13.2. The molecule has 2 heterocycles. The van der Waals surface area contributed by atoms with Crippen LogP contribution in [0.2, 0.25) is 0 Å². The molecule has 0 aliphatic carbocycles. The first-order valence-corrected chi connectivity index (χ1v) is 8.22. The van der Waals surface area contributed by atoms with E-state index in [2.05, 4.69) is 30.8 Å². The first kappa shape index (κ1) is 20.1. The van der Waals surface area contributed by atoms with Crippen LogP contribution in [0.3, 0.4) is 0 Å². The summed E-state index contributed by atoms with van der Waals surface area (Å²) in [6, 6.07) is 4.78. The van der Waals surface area contributed by atoms with Crippen LogP contribution in [0.4, 0.5) is 4.39 Å². The number of halogens is 2. The van der Waals surface area contributed by atoms with Crippen molar-refractivity contribution in [2.45, 2.75) is 26.8 Å². The Bertz CT molecular complexity index is 875.